The quantitative estimate of drug-likeness (QED) is 0.591. The Bertz CT molecular complexity index is 768. The highest BCUT2D eigenvalue weighted by Crippen LogP contribution is 2.27. The normalized spacial score (nSPS) is 11.0. The molecule has 2 amide bonds. The zero-order valence-corrected chi connectivity index (χ0v) is 14.3. The molecule has 0 spiro atoms. The van der Waals surface area contributed by atoms with E-state index in [0.717, 1.165) is 5.56 Å². The molecule has 0 fully saturated rings. The molecule has 0 aromatic heterocycles. The van der Waals surface area contributed by atoms with Gasteiger partial charge in [-0.25, -0.2) is 4.79 Å². The van der Waals surface area contributed by atoms with Gasteiger partial charge in [0.15, 0.2) is 0 Å². The lowest BCUT2D eigenvalue weighted by molar-refractivity contribution is -0.384. The first-order chi connectivity index (χ1) is 11.2. The second-order valence-corrected chi connectivity index (χ2v) is 6.74. The van der Waals surface area contributed by atoms with Crippen LogP contribution in [0.5, 0.6) is 0 Å². The van der Waals surface area contributed by atoms with Crippen molar-refractivity contribution in [3.63, 3.8) is 0 Å². The van der Waals surface area contributed by atoms with Crippen LogP contribution in [0.2, 0.25) is 5.02 Å². The summed E-state index contributed by atoms with van der Waals surface area (Å²) in [7, 11) is 0. The van der Waals surface area contributed by atoms with Gasteiger partial charge in [-0.2, -0.15) is 0 Å². The summed E-state index contributed by atoms with van der Waals surface area (Å²) in [6.45, 7) is 6.32. The van der Waals surface area contributed by atoms with Crippen molar-refractivity contribution in [2.45, 2.75) is 26.2 Å². The fraction of sp³-hybridized carbons (Fsp3) is 0.235. The van der Waals surface area contributed by atoms with Crippen molar-refractivity contribution in [1.29, 1.82) is 0 Å². The monoisotopic (exact) mass is 347 g/mol. The average Bonchev–Trinajstić information content (AvgIpc) is 2.48. The Labute approximate surface area is 145 Å². The van der Waals surface area contributed by atoms with Crippen molar-refractivity contribution in [1.82, 2.24) is 0 Å². The van der Waals surface area contributed by atoms with Crippen LogP contribution in [-0.4, -0.2) is 11.0 Å². The number of amides is 2. The Kier molecular flexibility index (Phi) is 5.09. The Balaban J connectivity index is 2.06. The SMILES string of the molecule is CC(C)(C)c1ccc(NC(=O)Nc2ccc(Cl)c([N+](=O)[O-])c2)cc1. The van der Waals surface area contributed by atoms with Crippen LogP contribution in [-0.2, 0) is 5.41 Å². The number of rotatable bonds is 3. The Hall–Kier alpha value is -2.60. The van der Waals surface area contributed by atoms with Crippen molar-refractivity contribution in [3.05, 3.63) is 63.2 Å². The van der Waals surface area contributed by atoms with Crippen LogP contribution in [0, 0.1) is 10.1 Å². The molecule has 0 aliphatic carbocycles. The summed E-state index contributed by atoms with van der Waals surface area (Å²) in [5.74, 6) is 0. The first-order valence-corrected chi connectivity index (χ1v) is 7.67. The van der Waals surface area contributed by atoms with Crippen molar-refractivity contribution >= 4 is 34.7 Å². The van der Waals surface area contributed by atoms with Crippen molar-refractivity contribution in [3.8, 4) is 0 Å². The van der Waals surface area contributed by atoms with Crippen molar-refractivity contribution in [2.75, 3.05) is 10.6 Å². The molecule has 0 aliphatic rings. The summed E-state index contributed by atoms with van der Waals surface area (Å²) in [5.41, 5.74) is 1.84. The molecule has 7 heteroatoms. The second kappa shape index (κ2) is 6.88. The van der Waals surface area contributed by atoms with Crippen LogP contribution < -0.4 is 10.6 Å². The molecule has 2 aromatic rings. The highest BCUT2D eigenvalue weighted by Gasteiger charge is 2.15. The molecule has 0 atom stereocenters. The summed E-state index contributed by atoms with van der Waals surface area (Å²) in [4.78, 5) is 22.3. The van der Waals surface area contributed by atoms with Gasteiger partial charge in [0.05, 0.1) is 4.92 Å². The van der Waals surface area contributed by atoms with Crippen LogP contribution in [0.15, 0.2) is 42.5 Å². The van der Waals surface area contributed by atoms with Gasteiger partial charge >= 0.3 is 6.03 Å². The van der Waals surface area contributed by atoms with Crippen LogP contribution in [0.3, 0.4) is 0 Å². The summed E-state index contributed by atoms with van der Waals surface area (Å²) in [6.07, 6.45) is 0. The van der Waals surface area contributed by atoms with E-state index in [2.05, 4.69) is 31.4 Å². The van der Waals surface area contributed by atoms with Gasteiger partial charge in [-0.05, 0) is 35.2 Å². The molecule has 6 nitrogen and oxygen atoms in total. The third-order valence-corrected chi connectivity index (χ3v) is 3.73. The first kappa shape index (κ1) is 17.7. The van der Waals surface area contributed by atoms with Crippen LogP contribution >= 0.6 is 11.6 Å². The number of hydrogen-bond donors (Lipinski definition) is 2. The molecule has 0 unspecified atom stereocenters. The summed E-state index contributed by atoms with van der Waals surface area (Å²) in [5, 5.41) is 16.1. The standard InChI is InChI=1S/C17H18ClN3O3/c1-17(2,3)11-4-6-12(7-5-11)19-16(22)20-13-8-9-14(18)15(10-13)21(23)24/h4-10H,1-3H3,(H2,19,20,22). The van der Waals surface area contributed by atoms with E-state index in [-0.39, 0.29) is 21.8 Å². The molecule has 2 N–H and O–H groups in total. The fourth-order valence-corrected chi connectivity index (χ4v) is 2.26. The molecule has 0 saturated heterocycles. The maximum atomic E-state index is 12.0. The molecule has 2 rings (SSSR count). The number of carbonyl (C=O) groups is 1. The molecule has 0 saturated carbocycles. The van der Waals surface area contributed by atoms with E-state index >= 15 is 0 Å². The Morgan fingerprint density at radius 1 is 1.04 bits per heavy atom. The number of urea groups is 1. The Morgan fingerprint density at radius 2 is 1.58 bits per heavy atom. The van der Waals surface area contributed by atoms with Gasteiger partial charge in [0, 0.05) is 17.4 Å². The van der Waals surface area contributed by atoms with Gasteiger partial charge in [0.2, 0.25) is 0 Å². The van der Waals surface area contributed by atoms with Crippen LogP contribution in [0.25, 0.3) is 0 Å². The lowest BCUT2D eigenvalue weighted by Gasteiger charge is -2.19. The summed E-state index contributed by atoms with van der Waals surface area (Å²) < 4.78 is 0. The highest BCUT2D eigenvalue weighted by molar-refractivity contribution is 6.32. The number of benzene rings is 2. The van der Waals surface area contributed by atoms with Gasteiger partial charge in [-0.3, -0.25) is 10.1 Å². The molecular formula is C17H18ClN3O3. The number of anilines is 2. The molecule has 0 heterocycles. The maximum absolute atomic E-state index is 12.0. The zero-order chi connectivity index (χ0) is 17.9. The maximum Gasteiger partial charge on any atom is 0.323 e. The summed E-state index contributed by atoms with van der Waals surface area (Å²) in [6, 6.07) is 11.1. The minimum absolute atomic E-state index is 0.0173. The van der Waals surface area contributed by atoms with E-state index in [1.165, 1.54) is 18.2 Å². The van der Waals surface area contributed by atoms with E-state index < -0.39 is 11.0 Å². The van der Waals surface area contributed by atoms with Gasteiger partial charge in [0.1, 0.15) is 5.02 Å². The number of nitro benzene ring substituents is 1. The van der Waals surface area contributed by atoms with Gasteiger partial charge in [-0.15, -0.1) is 0 Å². The van der Waals surface area contributed by atoms with E-state index in [0.29, 0.717) is 5.69 Å². The van der Waals surface area contributed by atoms with Crippen molar-refractivity contribution < 1.29 is 9.72 Å². The molecule has 24 heavy (non-hydrogen) atoms. The topological polar surface area (TPSA) is 84.3 Å². The summed E-state index contributed by atoms with van der Waals surface area (Å²) >= 11 is 5.74. The van der Waals surface area contributed by atoms with E-state index in [1.807, 2.05) is 24.3 Å². The van der Waals surface area contributed by atoms with E-state index in [1.54, 1.807) is 0 Å². The predicted octanol–water partition coefficient (Wildman–Crippen LogP) is 5.19. The lowest BCUT2D eigenvalue weighted by atomic mass is 9.87. The van der Waals surface area contributed by atoms with Gasteiger partial charge < -0.3 is 10.6 Å². The number of nitrogens with zero attached hydrogens (tertiary/aromatic N) is 1. The van der Waals surface area contributed by atoms with Gasteiger partial charge in [-0.1, -0.05) is 44.5 Å². The zero-order valence-electron chi connectivity index (χ0n) is 13.6. The average molecular weight is 348 g/mol. The third kappa shape index (κ3) is 4.45. The first-order valence-electron chi connectivity index (χ1n) is 7.29. The molecule has 0 radical (unpaired) electrons. The van der Waals surface area contributed by atoms with Gasteiger partial charge in [0.25, 0.3) is 5.69 Å². The molecule has 0 bridgehead atoms. The lowest BCUT2D eigenvalue weighted by Crippen LogP contribution is -2.19. The molecular weight excluding hydrogens is 330 g/mol. The largest absolute Gasteiger partial charge is 0.323 e. The van der Waals surface area contributed by atoms with E-state index in [4.69, 9.17) is 11.6 Å². The third-order valence-electron chi connectivity index (χ3n) is 3.41. The molecule has 0 aliphatic heterocycles. The highest BCUT2D eigenvalue weighted by atomic mass is 35.5. The van der Waals surface area contributed by atoms with E-state index in [9.17, 15) is 14.9 Å². The number of hydrogen-bond acceptors (Lipinski definition) is 3. The molecule has 2 aromatic carbocycles. The smallest absolute Gasteiger partial charge is 0.308 e. The Morgan fingerprint density at radius 3 is 2.12 bits per heavy atom. The fourth-order valence-electron chi connectivity index (χ4n) is 2.08. The minimum Gasteiger partial charge on any atom is -0.308 e. The van der Waals surface area contributed by atoms with Crippen LogP contribution in [0.1, 0.15) is 26.3 Å². The number of carbonyl (C=O) groups excluding carboxylic acids is 1. The van der Waals surface area contributed by atoms with Crippen molar-refractivity contribution in [2.24, 2.45) is 0 Å². The number of nitro groups is 1. The predicted molar refractivity (Wildman–Crippen MR) is 95.9 cm³/mol. The number of halogens is 1. The molecule has 126 valence electrons. The van der Waals surface area contributed by atoms with Crippen LogP contribution in [0.4, 0.5) is 21.9 Å². The number of nitrogens with one attached hydrogen (secondary N) is 2. The minimum atomic E-state index is -0.601. The second-order valence-electron chi connectivity index (χ2n) is 6.33.